The molecule has 1 aromatic carbocycles. The molecule has 3 heteroatoms. The molecular weight excluding hydrogens is 256 g/mol. The molecule has 0 saturated heterocycles. The molecule has 0 fully saturated rings. The van der Waals surface area contributed by atoms with Crippen molar-refractivity contribution >= 4 is 11.6 Å². The second-order valence-electron chi connectivity index (χ2n) is 4.69. The summed E-state index contributed by atoms with van der Waals surface area (Å²) in [5.41, 5.74) is 4.99. The van der Waals surface area contributed by atoms with Crippen molar-refractivity contribution in [2.75, 3.05) is 6.54 Å². The molecule has 1 heterocycles. The highest BCUT2D eigenvalue weighted by molar-refractivity contribution is 6.29. The number of nitrogens with one attached hydrogen (secondary N) is 1. The van der Waals surface area contributed by atoms with E-state index in [4.69, 9.17) is 11.6 Å². The molecule has 0 bridgehead atoms. The summed E-state index contributed by atoms with van der Waals surface area (Å²) in [4.78, 5) is 0. The Morgan fingerprint density at radius 2 is 1.95 bits per heavy atom. The van der Waals surface area contributed by atoms with Crippen LogP contribution in [0.1, 0.15) is 17.0 Å². The Kier molecular flexibility index (Phi) is 4.46. The smallest absolute Gasteiger partial charge is 0.0455 e. The fourth-order valence-corrected chi connectivity index (χ4v) is 2.41. The lowest BCUT2D eigenvalue weighted by Crippen LogP contribution is -2.15. The first kappa shape index (κ1) is 13.9. The van der Waals surface area contributed by atoms with Gasteiger partial charge in [-0.25, -0.2) is 0 Å². The van der Waals surface area contributed by atoms with Crippen molar-refractivity contribution < 1.29 is 0 Å². The zero-order chi connectivity index (χ0) is 13.8. The maximum absolute atomic E-state index is 5.75. The third-order valence-corrected chi connectivity index (χ3v) is 3.32. The summed E-state index contributed by atoms with van der Waals surface area (Å²) in [6, 6.07) is 12.6. The number of para-hydroxylation sites is 1. The standard InChI is InChI=1S/C16H19ClN2/c1-12(17)10-18-11-15-9-13(2)19(14(15)3)16-7-5-4-6-8-16/h4-9,18H,1,10-11H2,2-3H3. The van der Waals surface area contributed by atoms with Gasteiger partial charge < -0.3 is 9.88 Å². The number of aryl methyl sites for hydroxylation is 1. The Bertz CT molecular complexity index is 570. The quantitative estimate of drug-likeness (QED) is 0.874. The topological polar surface area (TPSA) is 17.0 Å². The van der Waals surface area contributed by atoms with E-state index in [1.807, 2.05) is 6.07 Å². The second-order valence-corrected chi connectivity index (χ2v) is 5.22. The van der Waals surface area contributed by atoms with Gasteiger partial charge in [-0.15, -0.1) is 0 Å². The molecule has 0 radical (unpaired) electrons. The second kappa shape index (κ2) is 6.09. The highest BCUT2D eigenvalue weighted by Gasteiger charge is 2.09. The number of nitrogens with zero attached hydrogens (tertiary/aromatic N) is 1. The summed E-state index contributed by atoms with van der Waals surface area (Å²) in [5, 5.41) is 3.93. The van der Waals surface area contributed by atoms with Gasteiger partial charge in [-0.2, -0.15) is 0 Å². The van der Waals surface area contributed by atoms with Crippen LogP contribution in [-0.4, -0.2) is 11.1 Å². The lowest BCUT2D eigenvalue weighted by Gasteiger charge is -2.10. The molecule has 100 valence electrons. The van der Waals surface area contributed by atoms with Gasteiger partial charge in [0.2, 0.25) is 0 Å². The predicted octanol–water partition coefficient (Wildman–Crippen LogP) is 3.94. The van der Waals surface area contributed by atoms with Crippen LogP contribution in [0.4, 0.5) is 0 Å². The molecule has 2 nitrogen and oxygen atoms in total. The van der Waals surface area contributed by atoms with Gasteiger partial charge in [0.25, 0.3) is 0 Å². The molecule has 0 unspecified atom stereocenters. The summed E-state index contributed by atoms with van der Waals surface area (Å²) in [7, 11) is 0. The van der Waals surface area contributed by atoms with E-state index in [0.717, 1.165) is 6.54 Å². The van der Waals surface area contributed by atoms with Crippen LogP contribution in [0.2, 0.25) is 0 Å². The van der Waals surface area contributed by atoms with Gasteiger partial charge in [0.05, 0.1) is 0 Å². The van der Waals surface area contributed by atoms with E-state index in [-0.39, 0.29) is 0 Å². The average molecular weight is 275 g/mol. The summed E-state index contributed by atoms with van der Waals surface area (Å²) in [6.45, 7) is 9.39. The number of hydrogen-bond acceptors (Lipinski definition) is 1. The zero-order valence-electron chi connectivity index (χ0n) is 11.4. The maximum Gasteiger partial charge on any atom is 0.0455 e. The van der Waals surface area contributed by atoms with Crippen LogP contribution in [0.25, 0.3) is 5.69 Å². The zero-order valence-corrected chi connectivity index (χ0v) is 12.2. The van der Waals surface area contributed by atoms with Crippen molar-refractivity contribution in [2.24, 2.45) is 0 Å². The van der Waals surface area contributed by atoms with Gasteiger partial charge in [-0.05, 0) is 37.6 Å². The van der Waals surface area contributed by atoms with Crippen LogP contribution < -0.4 is 5.32 Å². The molecule has 0 amide bonds. The lowest BCUT2D eigenvalue weighted by atomic mass is 10.2. The largest absolute Gasteiger partial charge is 0.318 e. The van der Waals surface area contributed by atoms with Crippen molar-refractivity contribution in [3.63, 3.8) is 0 Å². The minimum Gasteiger partial charge on any atom is -0.318 e. The first-order valence-electron chi connectivity index (χ1n) is 6.37. The van der Waals surface area contributed by atoms with Gasteiger partial charge in [0.1, 0.15) is 0 Å². The van der Waals surface area contributed by atoms with Crippen LogP contribution >= 0.6 is 11.6 Å². The highest BCUT2D eigenvalue weighted by atomic mass is 35.5. The number of benzene rings is 1. The highest BCUT2D eigenvalue weighted by Crippen LogP contribution is 2.20. The fraction of sp³-hybridized carbons (Fsp3) is 0.250. The Morgan fingerprint density at radius 1 is 1.26 bits per heavy atom. The van der Waals surface area contributed by atoms with Crippen LogP contribution in [-0.2, 0) is 6.54 Å². The van der Waals surface area contributed by atoms with Gasteiger partial charge in [0, 0.05) is 35.2 Å². The Labute approximate surface area is 119 Å². The Balaban J connectivity index is 2.23. The van der Waals surface area contributed by atoms with Gasteiger partial charge in [-0.1, -0.05) is 36.4 Å². The molecule has 1 aromatic heterocycles. The van der Waals surface area contributed by atoms with Gasteiger partial charge in [-0.3, -0.25) is 0 Å². The normalized spacial score (nSPS) is 10.7. The number of halogens is 1. The van der Waals surface area contributed by atoms with Crippen LogP contribution in [0, 0.1) is 13.8 Å². The lowest BCUT2D eigenvalue weighted by molar-refractivity contribution is 0.748. The van der Waals surface area contributed by atoms with Crippen molar-refractivity contribution in [1.82, 2.24) is 9.88 Å². The number of aromatic nitrogens is 1. The summed E-state index contributed by atoms with van der Waals surface area (Å²) >= 11 is 5.75. The van der Waals surface area contributed by atoms with E-state index in [2.05, 4.69) is 60.6 Å². The molecular formula is C16H19ClN2. The predicted molar refractivity (Wildman–Crippen MR) is 81.9 cm³/mol. The van der Waals surface area contributed by atoms with Crippen LogP contribution in [0.3, 0.4) is 0 Å². The molecule has 0 aliphatic rings. The molecule has 0 saturated carbocycles. The molecule has 1 N–H and O–H groups in total. The molecule has 0 atom stereocenters. The van der Waals surface area contributed by atoms with Gasteiger partial charge >= 0.3 is 0 Å². The van der Waals surface area contributed by atoms with Gasteiger partial charge in [0.15, 0.2) is 0 Å². The monoisotopic (exact) mass is 274 g/mol. The van der Waals surface area contributed by atoms with E-state index in [1.165, 1.54) is 22.6 Å². The molecule has 0 aliphatic carbocycles. The molecule has 2 rings (SSSR count). The minimum absolute atomic E-state index is 0.635. The number of rotatable bonds is 5. The maximum atomic E-state index is 5.75. The van der Waals surface area contributed by atoms with Crippen molar-refractivity contribution in [3.8, 4) is 5.69 Å². The average Bonchev–Trinajstić information content (AvgIpc) is 2.65. The third kappa shape index (κ3) is 3.28. The molecule has 0 aliphatic heterocycles. The minimum atomic E-state index is 0.635. The molecule has 2 aromatic rings. The van der Waals surface area contributed by atoms with Crippen molar-refractivity contribution in [1.29, 1.82) is 0 Å². The fourth-order valence-electron chi connectivity index (χ4n) is 2.32. The first-order valence-corrected chi connectivity index (χ1v) is 6.74. The Hall–Kier alpha value is -1.51. The van der Waals surface area contributed by atoms with Crippen LogP contribution in [0.15, 0.2) is 48.0 Å². The van der Waals surface area contributed by atoms with E-state index in [0.29, 0.717) is 11.6 Å². The van der Waals surface area contributed by atoms with E-state index >= 15 is 0 Å². The summed E-state index contributed by atoms with van der Waals surface area (Å²) in [5.74, 6) is 0. The van der Waals surface area contributed by atoms with E-state index < -0.39 is 0 Å². The number of hydrogen-bond donors (Lipinski definition) is 1. The Morgan fingerprint density at radius 3 is 2.58 bits per heavy atom. The summed E-state index contributed by atoms with van der Waals surface area (Å²) < 4.78 is 2.27. The van der Waals surface area contributed by atoms with E-state index in [9.17, 15) is 0 Å². The molecule has 19 heavy (non-hydrogen) atoms. The van der Waals surface area contributed by atoms with Crippen molar-refractivity contribution in [2.45, 2.75) is 20.4 Å². The third-order valence-electron chi connectivity index (χ3n) is 3.18. The summed E-state index contributed by atoms with van der Waals surface area (Å²) in [6.07, 6.45) is 0. The molecule has 0 spiro atoms. The SMILES string of the molecule is C=C(Cl)CNCc1cc(C)n(-c2ccccc2)c1C. The first-order chi connectivity index (χ1) is 9.09. The van der Waals surface area contributed by atoms with E-state index in [1.54, 1.807) is 0 Å². The van der Waals surface area contributed by atoms with Crippen molar-refractivity contribution in [3.05, 3.63) is 65.0 Å². The van der Waals surface area contributed by atoms with Crippen LogP contribution in [0.5, 0.6) is 0 Å².